The predicted octanol–water partition coefficient (Wildman–Crippen LogP) is 5.06. The molecule has 0 aliphatic carbocycles. The first kappa shape index (κ1) is 25.6. The van der Waals surface area contributed by atoms with Crippen molar-refractivity contribution >= 4 is 17.6 Å². The minimum atomic E-state index is -0.395. The number of benzene rings is 2. The van der Waals surface area contributed by atoms with Crippen LogP contribution in [-0.4, -0.2) is 46.6 Å². The van der Waals surface area contributed by atoms with Gasteiger partial charge in [-0.15, -0.1) is 0 Å². The van der Waals surface area contributed by atoms with Gasteiger partial charge in [0.15, 0.2) is 0 Å². The highest BCUT2D eigenvalue weighted by Gasteiger charge is 2.26. The number of esters is 1. The van der Waals surface area contributed by atoms with Gasteiger partial charge in [-0.1, -0.05) is 56.3 Å². The summed E-state index contributed by atoms with van der Waals surface area (Å²) >= 11 is 0. The molecule has 190 valence electrons. The second-order valence-electron chi connectivity index (χ2n) is 10.2. The molecule has 1 aliphatic rings. The Hall–Kier alpha value is -3.52. The van der Waals surface area contributed by atoms with Crippen molar-refractivity contribution < 1.29 is 18.8 Å². The molecule has 0 bridgehead atoms. The van der Waals surface area contributed by atoms with Crippen molar-refractivity contribution in [1.82, 2.24) is 15.0 Å². The summed E-state index contributed by atoms with van der Waals surface area (Å²) in [7, 11) is 0. The SMILES string of the molecule is CCOC(=O)c1cccc(NC(=O)C2CCN(Cc3nc(-c4ccc(C(C)(C)C)cc4)no3)CC2)c1. The van der Waals surface area contributed by atoms with Crippen LogP contribution < -0.4 is 5.32 Å². The second kappa shape index (κ2) is 11.0. The average molecular weight is 491 g/mol. The number of rotatable bonds is 7. The van der Waals surface area contributed by atoms with Crippen LogP contribution in [0.5, 0.6) is 0 Å². The maximum atomic E-state index is 12.8. The summed E-state index contributed by atoms with van der Waals surface area (Å²) in [5.41, 5.74) is 3.31. The molecule has 1 fully saturated rings. The van der Waals surface area contributed by atoms with Gasteiger partial charge in [0.05, 0.1) is 18.7 Å². The molecule has 0 spiro atoms. The summed E-state index contributed by atoms with van der Waals surface area (Å²) in [6.07, 6.45) is 1.47. The van der Waals surface area contributed by atoms with E-state index in [1.807, 2.05) is 12.1 Å². The molecule has 1 aromatic heterocycles. The van der Waals surface area contributed by atoms with Gasteiger partial charge in [-0.2, -0.15) is 4.98 Å². The number of amides is 1. The number of ether oxygens (including phenoxy) is 1. The van der Waals surface area contributed by atoms with Gasteiger partial charge in [0, 0.05) is 17.2 Å². The highest BCUT2D eigenvalue weighted by atomic mass is 16.5. The van der Waals surface area contributed by atoms with E-state index >= 15 is 0 Å². The highest BCUT2D eigenvalue weighted by molar-refractivity contribution is 5.95. The molecule has 0 atom stereocenters. The summed E-state index contributed by atoms with van der Waals surface area (Å²) in [6, 6.07) is 15.1. The van der Waals surface area contributed by atoms with Crippen molar-refractivity contribution in [1.29, 1.82) is 0 Å². The first-order chi connectivity index (χ1) is 17.2. The third kappa shape index (κ3) is 6.37. The Morgan fingerprint density at radius 1 is 1.11 bits per heavy atom. The molecular weight excluding hydrogens is 456 g/mol. The number of nitrogens with one attached hydrogen (secondary N) is 1. The molecule has 36 heavy (non-hydrogen) atoms. The van der Waals surface area contributed by atoms with Crippen molar-refractivity contribution in [2.75, 3.05) is 25.0 Å². The first-order valence-electron chi connectivity index (χ1n) is 12.5. The van der Waals surface area contributed by atoms with Crippen LogP contribution in [0.4, 0.5) is 5.69 Å². The zero-order valence-corrected chi connectivity index (χ0v) is 21.4. The maximum absolute atomic E-state index is 12.8. The largest absolute Gasteiger partial charge is 0.462 e. The predicted molar refractivity (Wildman–Crippen MR) is 137 cm³/mol. The van der Waals surface area contributed by atoms with Crippen LogP contribution in [0.15, 0.2) is 53.1 Å². The molecule has 4 rings (SSSR count). The van der Waals surface area contributed by atoms with Crippen molar-refractivity contribution in [3.05, 3.63) is 65.5 Å². The molecule has 1 aliphatic heterocycles. The highest BCUT2D eigenvalue weighted by Crippen LogP contribution is 2.26. The molecule has 1 N–H and O–H groups in total. The lowest BCUT2D eigenvalue weighted by molar-refractivity contribution is -0.121. The van der Waals surface area contributed by atoms with E-state index in [4.69, 9.17) is 9.26 Å². The minimum Gasteiger partial charge on any atom is -0.462 e. The van der Waals surface area contributed by atoms with Crippen molar-refractivity contribution in [2.24, 2.45) is 5.92 Å². The number of hydrogen-bond donors (Lipinski definition) is 1. The van der Waals surface area contributed by atoms with E-state index < -0.39 is 5.97 Å². The normalized spacial score (nSPS) is 15.0. The topological polar surface area (TPSA) is 97.6 Å². The number of hydrogen-bond acceptors (Lipinski definition) is 7. The van der Waals surface area contributed by atoms with Gasteiger partial charge in [-0.05, 0) is 62.0 Å². The van der Waals surface area contributed by atoms with Gasteiger partial charge in [-0.25, -0.2) is 4.79 Å². The Morgan fingerprint density at radius 3 is 2.50 bits per heavy atom. The smallest absolute Gasteiger partial charge is 0.338 e. The molecule has 8 heteroatoms. The Labute approximate surface area is 212 Å². The number of piperidine rings is 1. The van der Waals surface area contributed by atoms with Gasteiger partial charge < -0.3 is 14.6 Å². The fraction of sp³-hybridized carbons (Fsp3) is 0.429. The zero-order chi connectivity index (χ0) is 25.7. The van der Waals surface area contributed by atoms with Crippen LogP contribution in [0.3, 0.4) is 0 Å². The summed E-state index contributed by atoms with van der Waals surface area (Å²) < 4.78 is 10.5. The maximum Gasteiger partial charge on any atom is 0.338 e. The fourth-order valence-electron chi connectivity index (χ4n) is 4.28. The molecule has 1 saturated heterocycles. The number of likely N-dealkylation sites (tertiary alicyclic amines) is 1. The Morgan fingerprint density at radius 2 is 1.83 bits per heavy atom. The van der Waals surface area contributed by atoms with E-state index in [2.05, 4.69) is 53.3 Å². The first-order valence-corrected chi connectivity index (χ1v) is 12.5. The van der Waals surface area contributed by atoms with Crippen molar-refractivity contribution in [3.8, 4) is 11.4 Å². The minimum absolute atomic E-state index is 0.0329. The number of anilines is 1. The van der Waals surface area contributed by atoms with E-state index in [-0.39, 0.29) is 17.2 Å². The van der Waals surface area contributed by atoms with Gasteiger partial charge >= 0.3 is 5.97 Å². The molecule has 2 heterocycles. The van der Waals surface area contributed by atoms with E-state index in [9.17, 15) is 9.59 Å². The monoisotopic (exact) mass is 490 g/mol. The third-order valence-corrected chi connectivity index (χ3v) is 6.44. The molecule has 1 amide bonds. The summed E-state index contributed by atoms with van der Waals surface area (Å²) in [4.78, 5) is 31.5. The molecule has 8 nitrogen and oxygen atoms in total. The van der Waals surface area contributed by atoms with Gasteiger partial charge in [0.1, 0.15) is 0 Å². The quantitative estimate of drug-likeness (QED) is 0.462. The van der Waals surface area contributed by atoms with Crippen LogP contribution in [0, 0.1) is 5.92 Å². The molecule has 0 saturated carbocycles. The number of nitrogens with zero attached hydrogens (tertiary/aromatic N) is 3. The Bertz CT molecular complexity index is 1190. The van der Waals surface area contributed by atoms with Crippen molar-refractivity contribution in [3.63, 3.8) is 0 Å². The van der Waals surface area contributed by atoms with Gasteiger partial charge in [-0.3, -0.25) is 9.69 Å². The average Bonchev–Trinajstić information content (AvgIpc) is 3.33. The molecule has 0 radical (unpaired) electrons. The second-order valence-corrected chi connectivity index (χ2v) is 10.2. The number of carbonyl (C=O) groups is 2. The fourth-order valence-corrected chi connectivity index (χ4v) is 4.28. The summed E-state index contributed by atoms with van der Waals surface area (Å²) in [6.45, 7) is 10.7. The van der Waals surface area contributed by atoms with E-state index in [1.165, 1.54) is 5.56 Å². The van der Waals surface area contributed by atoms with E-state index in [0.29, 0.717) is 36.1 Å². The number of carbonyl (C=O) groups excluding carboxylic acids is 2. The summed E-state index contributed by atoms with van der Waals surface area (Å²) in [5.74, 6) is 0.642. The summed E-state index contributed by atoms with van der Waals surface area (Å²) in [5, 5.41) is 7.10. The Kier molecular flexibility index (Phi) is 7.84. The Balaban J connectivity index is 1.28. The van der Waals surface area contributed by atoms with E-state index in [1.54, 1.807) is 31.2 Å². The molecule has 3 aromatic rings. The molecular formula is C28H34N4O4. The van der Waals surface area contributed by atoms with Crippen LogP contribution >= 0.6 is 0 Å². The van der Waals surface area contributed by atoms with E-state index in [0.717, 1.165) is 31.5 Å². The third-order valence-electron chi connectivity index (χ3n) is 6.44. The lowest BCUT2D eigenvalue weighted by Crippen LogP contribution is -2.37. The number of aromatic nitrogens is 2. The van der Waals surface area contributed by atoms with Crippen LogP contribution in [0.2, 0.25) is 0 Å². The van der Waals surface area contributed by atoms with Gasteiger partial charge in [0.2, 0.25) is 17.6 Å². The standard InChI is InChI=1S/C28H34N4O4/c1-5-35-27(34)21-7-6-8-23(17-21)29-26(33)20-13-15-32(16-14-20)18-24-30-25(31-36-24)19-9-11-22(12-10-19)28(2,3)4/h6-12,17,20H,5,13-16,18H2,1-4H3,(H,29,33). The van der Waals surface area contributed by atoms with Crippen LogP contribution in [0.1, 0.15) is 62.3 Å². The van der Waals surface area contributed by atoms with Crippen molar-refractivity contribution in [2.45, 2.75) is 52.5 Å². The molecule has 0 unspecified atom stereocenters. The van der Waals surface area contributed by atoms with Crippen LogP contribution in [-0.2, 0) is 21.5 Å². The molecule has 2 aromatic carbocycles. The lowest BCUT2D eigenvalue weighted by Gasteiger charge is -2.30. The zero-order valence-electron chi connectivity index (χ0n) is 21.4. The lowest BCUT2D eigenvalue weighted by atomic mass is 9.87. The van der Waals surface area contributed by atoms with Gasteiger partial charge in [0.25, 0.3) is 0 Å². The van der Waals surface area contributed by atoms with Crippen LogP contribution in [0.25, 0.3) is 11.4 Å².